The Kier molecular flexibility index (Phi) is 2.85. The summed E-state index contributed by atoms with van der Waals surface area (Å²) in [5.74, 6) is 1.60. The predicted molar refractivity (Wildman–Crippen MR) is 81.6 cm³/mol. The van der Waals surface area contributed by atoms with E-state index in [4.69, 9.17) is 9.47 Å². The number of nitrogens with zero attached hydrogens (tertiary/aromatic N) is 1. The average Bonchev–Trinajstić information content (AvgIpc) is 3.00. The number of aromatic nitrogens is 1. The maximum Gasteiger partial charge on any atom is 0.231 e. The van der Waals surface area contributed by atoms with Crippen molar-refractivity contribution in [1.29, 1.82) is 0 Å². The highest BCUT2D eigenvalue weighted by Gasteiger charge is 2.13. The van der Waals surface area contributed by atoms with Gasteiger partial charge in [-0.3, -0.25) is 4.98 Å². The molecule has 1 aliphatic heterocycles. The highest BCUT2D eigenvalue weighted by Crippen LogP contribution is 2.34. The number of ether oxygens (including phenoxy) is 2. The fourth-order valence-electron chi connectivity index (χ4n) is 2.55. The molecule has 1 N–H and O–H groups in total. The van der Waals surface area contributed by atoms with Gasteiger partial charge < -0.3 is 14.8 Å². The van der Waals surface area contributed by atoms with Crippen LogP contribution < -0.4 is 14.8 Å². The highest BCUT2D eigenvalue weighted by atomic mass is 16.7. The number of fused-ring (bicyclic) bond motifs is 2. The van der Waals surface area contributed by atoms with E-state index in [-0.39, 0.29) is 0 Å². The maximum atomic E-state index is 5.39. The first kappa shape index (κ1) is 12.0. The number of benzene rings is 2. The van der Waals surface area contributed by atoms with Gasteiger partial charge in [-0.15, -0.1) is 0 Å². The van der Waals surface area contributed by atoms with Crippen LogP contribution in [0.5, 0.6) is 11.5 Å². The van der Waals surface area contributed by atoms with E-state index in [1.54, 1.807) is 0 Å². The fraction of sp³-hybridized carbons (Fsp3) is 0.118. The van der Waals surface area contributed by atoms with E-state index < -0.39 is 0 Å². The van der Waals surface area contributed by atoms with Crippen LogP contribution in [0, 0.1) is 0 Å². The van der Waals surface area contributed by atoms with Gasteiger partial charge in [0.05, 0.1) is 0 Å². The third-order valence-electron chi connectivity index (χ3n) is 3.63. The first-order valence-corrected chi connectivity index (χ1v) is 6.85. The first-order chi connectivity index (χ1) is 10.4. The third kappa shape index (κ3) is 2.25. The molecule has 0 amide bonds. The average molecular weight is 278 g/mol. The van der Waals surface area contributed by atoms with Crippen molar-refractivity contribution in [1.82, 2.24) is 4.98 Å². The number of hydrogen-bond donors (Lipinski definition) is 1. The molecule has 0 bridgehead atoms. The largest absolute Gasteiger partial charge is 0.454 e. The summed E-state index contributed by atoms with van der Waals surface area (Å²) in [6, 6.07) is 14.2. The molecule has 0 saturated heterocycles. The zero-order chi connectivity index (χ0) is 14.1. The van der Waals surface area contributed by atoms with Crippen LogP contribution in [0.25, 0.3) is 10.8 Å². The van der Waals surface area contributed by atoms with Gasteiger partial charge in [0.1, 0.15) is 0 Å². The maximum absolute atomic E-state index is 5.39. The van der Waals surface area contributed by atoms with Crippen molar-refractivity contribution in [3.05, 3.63) is 60.4 Å². The molecule has 0 aliphatic carbocycles. The van der Waals surface area contributed by atoms with E-state index in [9.17, 15) is 0 Å². The van der Waals surface area contributed by atoms with Gasteiger partial charge >= 0.3 is 0 Å². The van der Waals surface area contributed by atoms with Gasteiger partial charge in [-0.2, -0.15) is 0 Å². The molecule has 0 saturated carbocycles. The molecular weight excluding hydrogens is 264 g/mol. The summed E-state index contributed by atoms with van der Waals surface area (Å²) < 4.78 is 10.7. The SMILES string of the molecule is c1cc(CNc2ccc3c(c2)OCO3)c2ccncc2c1. The standard InChI is InChI=1S/C17H14N2O2/c1-2-12-9-18-7-6-15(12)13(3-1)10-19-14-4-5-16-17(8-14)21-11-20-16/h1-9,19H,10-11H2. The summed E-state index contributed by atoms with van der Waals surface area (Å²) in [4.78, 5) is 4.16. The molecule has 104 valence electrons. The molecule has 0 radical (unpaired) electrons. The summed E-state index contributed by atoms with van der Waals surface area (Å²) in [5, 5.41) is 5.80. The van der Waals surface area contributed by atoms with Crippen LogP contribution >= 0.6 is 0 Å². The monoisotopic (exact) mass is 278 g/mol. The molecule has 1 aliphatic rings. The van der Waals surface area contributed by atoms with E-state index in [2.05, 4.69) is 28.5 Å². The molecule has 4 nitrogen and oxygen atoms in total. The predicted octanol–water partition coefficient (Wildman–Crippen LogP) is 3.58. The highest BCUT2D eigenvalue weighted by molar-refractivity contribution is 5.85. The normalized spacial score (nSPS) is 12.6. The lowest BCUT2D eigenvalue weighted by Gasteiger charge is -2.09. The zero-order valence-corrected chi connectivity index (χ0v) is 11.4. The van der Waals surface area contributed by atoms with Gasteiger partial charge in [0.2, 0.25) is 6.79 Å². The Bertz CT molecular complexity index is 796. The number of rotatable bonds is 3. The van der Waals surface area contributed by atoms with Crippen LogP contribution in [0.4, 0.5) is 5.69 Å². The van der Waals surface area contributed by atoms with Crippen LogP contribution in [0.2, 0.25) is 0 Å². The Hall–Kier alpha value is -2.75. The minimum Gasteiger partial charge on any atom is -0.454 e. The topological polar surface area (TPSA) is 43.4 Å². The number of nitrogens with one attached hydrogen (secondary N) is 1. The van der Waals surface area contributed by atoms with Crippen molar-refractivity contribution in [3.63, 3.8) is 0 Å². The third-order valence-corrected chi connectivity index (χ3v) is 3.63. The molecule has 0 atom stereocenters. The second kappa shape index (κ2) is 4.98. The molecule has 0 spiro atoms. The quantitative estimate of drug-likeness (QED) is 0.795. The van der Waals surface area contributed by atoms with Crippen LogP contribution in [0.15, 0.2) is 54.9 Å². The van der Waals surface area contributed by atoms with Gasteiger partial charge in [-0.1, -0.05) is 18.2 Å². The van der Waals surface area contributed by atoms with Crippen molar-refractivity contribution in [2.45, 2.75) is 6.54 Å². The van der Waals surface area contributed by atoms with E-state index in [1.807, 2.05) is 36.7 Å². The van der Waals surface area contributed by atoms with E-state index in [0.717, 1.165) is 29.1 Å². The smallest absolute Gasteiger partial charge is 0.231 e. The van der Waals surface area contributed by atoms with Gasteiger partial charge in [-0.05, 0) is 29.1 Å². The second-order valence-electron chi connectivity index (χ2n) is 4.94. The summed E-state index contributed by atoms with van der Waals surface area (Å²) in [7, 11) is 0. The summed E-state index contributed by atoms with van der Waals surface area (Å²) in [5.41, 5.74) is 2.26. The van der Waals surface area contributed by atoms with Crippen molar-refractivity contribution >= 4 is 16.5 Å². The van der Waals surface area contributed by atoms with Crippen molar-refractivity contribution in [2.24, 2.45) is 0 Å². The number of anilines is 1. The van der Waals surface area contributed by atoms with Crippen LogP contribution in [-0.4, -0.2) is 11.8 Å². The van der Waals surface area contributed by atoms with Crippen LogP contribution in [-0.2, 0) is 6.54 Å². The van der Waals surface area contributed by atoms with Crippen molar-refractivity contribution in [2.75, 3.05) is 12.1 Å². The molecule has 2 heterocycles. The van der Waals surface area contributed by atoms with Gasteiger partial charge in [-0.25, -0.2) is 0 Å². The Labute approximate surface area is 122 Å². The molecule has 0 fully saturated rings. The minimum absolute atomic E-state index is 0.301. The first-order valence-electron chi connectivity index (χ1n) is 6.85. The lowest BCUT2D eigenvalue weighted by atomic mass is 10.1. The Balaban J connectivity index is 1.58. The molecule has 21 heavy (non-hydrogen) atoms. The van der Waals surface area contributed by atoms with Crippen molar-refractivity contribution in [3.8, 4) is 11.5 Å². The van der Waals surface area contributed by atoms with Gasteiger partial charge in [0, 0.05) is 36.1 Å². The van der Waals surface area contributed by atoms with E-state index >= 15 is 0 Å². The number of pyridine rings is 1. The molecule has 0 unspecified atom stereocenters. The lowest BCUT2D eigenvalue weighted by molar-refractivity contribution is 0.174. The second-order valence-corrected chi connectivity index (χ2v) is 4.94. The van der Waals surface area contributed by atoms with Crippen molar-refractivity contribution < 1.29 is 9.47 Å². The Morgan fingerprint density at radius 1 is 1.05 bits per heavy atom. The lowest BCUT2D eigenvalue weighted by Crippen LogP contribution is -2.00. The van der Waals surface area contributed by atoms with Crippen LogP contribution in [0.3, 0.4) is 0 Å². The summed E-state index contributed by atoms with van der Waals surface area (Å²) >= 11 is 0. The molecule has 3 aromatic rings. The molecule has 4 rings (SSSR count). The molecule has 1 aromatic heterocycles. The van der Waals surface area contributed by atoms with Gasteiger partial charge in [0.25, 0.3) is 0 Å². The summed E-state index contributed by atoms with van der Waals surface area (Å²) in [6.45, 7) is 1.05. The summed E-state index contributed by atoms with van der Waals surface area (Å²) in [6.07, 6.45) is 3.71. The Morgan fingerprint density at radius 3 is 3.00 bits per heavy atom. The zero-order valence-electron chi connectivity index (χ0n) is 11.4. The Morgan fingerprint density at radius 2 is 2.00 bits per heavy atom. The molecule has 4 heteroatoms. The van der Waals surface area contributed by atoms with Gasteiger partial charge in [0.15, 0.2) is 11.5 Å². The van der Waals surface area contributed by atoms with E-state index in [1.165, 1.54) is 10.9 Å². The molecule has 2 aromatic carbocycles. The van der Waals surface area contributed by atoms with E-state index in [0.29, 0.717) is 6.79 Å². The number of hydrogen-bond acceptors (Lipinski definition) is 4. The minimum atomic E-state index is 0.301. The fourth-order valence-corrected chi connectivity index (χ4v) is 2.55. The molecular formula is C17H14N2O2. The van der Waals surface area contributed by atoms with Crippen LogP contribution in [0.1, 0.15) is 5.56 Å².